The Morgan fingerprint density at radius 2 is 1.87 bits per heavy atom. The van der Waals surface area contributed by atoms with Crippen molar-refractivity contribution in [3.8, 4) is 0 Å². The summed E-state index contributed by atoms with van der Waals surface area (Å²) in [7, 11) is 0. The Kier molecular flexibility index (Phi) is 6.34. The van der Waals surface area contributed by atoms with Crippen LogP contribution in [-0.2, 0) is 20.8 Å². The van der Waals surface area contributed by atoms with Crippen molar-refractivity contribution in [2.75, 3.05) is 6.61 Å². The molecule has 6 nitrogen and oxygen atoms in total. The molecular formula is C24H29NO5. The Labute approximate surface area is 176 Å². The van der Waals surface area contributed by atoms with Crippen LogP contribution >= 0.6 is 0 Å². The molecule has 1 heterocycles. The van der Waals surface area contributed by atoms with Crippen LogP contribution in [0.3, 0.4) is 0 Å². The number of rotatable bonds is 5. The van der Waals surface area contributed by atoms with Gasteiger partial charge in [-0.1, -0.05) is 43.3 Å². The van der Waals surface area contributed by atoms with Crippen LogP contribution in [0, 0.1) is 5.92 Å². The van der Waals surface area contributed by atoms with E-state index in [4.69, 9.17) is 14.2 Å². The lowest BCUT2D eigenvalue weighted by atomic mass is 9.99. The predicted molar refractivity (Wildman–Crippen MR) is 114 cm³/mol. The van der Waals surface area contributed by atoms with Crippen molar-refractivity contribution in [3.05, 3.63) is 58.2 Å². The fourth-order valence-corrected chi connectivity index (χ4v) is 3.40. The molecular weight excluding hydrogens is 382 g/mol. The summed E-state index contributed by atoms with van der Waals surface area (Å²) in [6.07, 6.45) is 2.02. The molecule has 0 saturated heterocycles. The quantitative estimate of drug-likeness (QED) is 0.704. The molecule has 0 bridgehead atoms. The normalized spacial score (nSPS) is 15.8. The van der Waals surface area contributed by atoms with Crippen LogP contribution < -0.4 is 10.6 Å². The fourth-order valence-electron chi connectivity index (χ4n) is 3.40. The summed E-state index contributed by atoms with van der Waals surface area (Å²) in [6.45, 7) is 9.78. The number of ether oxygens (including phenoxy) is 3. The van der Waals surface area contributed by atoms with Crippen molar-refractivity contribution in [3.63, 3.8) is 0 Å². The largest absolute Gasteiger partial charge is 0.492 e. The SMILES string of the molecule is CCOC(=O)c1cc2c(n1C(=O)OC(C)(C)C)=CCC(C)C=2OCc1ccccc1. The average Bonchev–Trinajstić information content (AvgIpc) is 3.07. The van der Waals surface area contributed by atoms with Crippen LogP contribution in [0.2, 0.25) is 0 Å². The minimum Gasteiger partial charge on any atom is -0.492 e. The monoisotopic (exact) mass is 411 g/mol. The van der Waals surface area contributed by atoms with Gasteiger partial charge in [0, 0.05) is 11.1 Å². The molecule has 0 aliphatic heterocycles. The molecule has 6 heteroatoms. The van der Waals surface area contributed by atoms with Gasteiger partial charge in [0.05, 0.1) is 12.0 Å². The number of fused-ring (bicyclic) bond motifs is 1. The van der Waals surface area contributed by atoms with Gasteiger partial charge in [-0.2, -0.15) is 0 Å². The molecule has 0 spiro atoms. The predicted octanol–water partition coefficient (Wildman–Crippen LogP) is 3.59. The molecule has 30 heavy (non-hydrogen) atoms. The van der Waals surface area contributed by atoms with Gasteiger partial charge in [0.2, 0.25) is 0 Å². The minimum atomic E-state index is -0.696. The van der Waals surface area contributed by atoms with Crippen LogP contribution in [0.1, 0.15) is 57.1 Å². The standard InChI is InChI=1S/C24H29NO5/c1-6-28-22(26)20-14-18-19(25(20)23(27)30-24(3,4)5)13-12-16(2)21(18)29-15-17-10-8-7-9-11-17/h7-11,13-14,16H,6,12,15H2,1-5H3. The van der Waals surface area contributed by atoms with Crippen LogP contribution in [0.25, 0.3) is 11.8 Å². The van der Waals surface area contributed by atoms with E-state index in [1.807, 2.05) is 36.4 Å². The summed E-state index contributed by atoms with van der Waals surface area (Å²) < 4.78 is 18.2. The van der Waals surface area contributed by atoms with Crippen molar-refractivity contribution >= 4 is 23.9 Å². The smallest absolute Gasteiger partial charge is 0.419 e. The van der Waals surface area contributed by atoms with Gasteiger partial charge in [-0.25, -0.2) is 14.2 Å². The maximum Gasteiger partial charge on any atom is 0.419 e. The van der Waals surface area contributed by atoms with E-state index < -0.39 is 17.7 Å². The highest BCUT2D eigenvalue weighted by molar-refractivity contribution is 5.92. The van der Waals surface area contributed by atoms with Gasteiger partial charge < -0.3 is 14.2 Å². The summed E-state index contributed by atoms with van der Waals surface area (Å²) in [4.78, 5) is 25.6. The summed E-state index contributed by atoms with van der Waals surface area (Å²) >= 11 is 0. The second-order valence-corrected chi connectivity index (χ2v) is 8.34. The first-order chi connectivity index (χ1) is 14.2. The number of hydrogen-bond donors (Lipinski definition) is 0. The molecule has 1 aliphatic rings. The molecule has 0 saturated carbocycles. The zero-order valence-electron chi connectivity index (χ0n) is 18.2. The number of nitrogens with zero attached hydrogens (tertiary/aromatic N) is 1. The van der Waals surface area contributed by atoms with E-state index in [-0.39, 0.29) is 18.2 Å². The second kappa shape index (κ2) is 8.78. The Balaban J connectivity index is 2.11. The molecule has 1 aromatic carbocycles. The lowest BCUT2D eigenvalue weighted by Crippen LogP contribution is -2.41. The van der Waals surface area contributed by atoms with E-state index in [9.17, 15) is 9.59 Å². The van der Waals surface area contributed by atoms with Gasteiger partial charge >= 0.3 is 12.1 Å². The Hall–Kier alpha value is -3.02. The topological polar surface area (TPSA) is 66.8 Å². The first-order valence-electron chi connectivity index (χ1n) is 10.2. The maximum atomic E-state index is 13.0. The zero-order valence-corrected chi connectivity index (χ0v) is 18.2. The summed E-state index contributed by atoms with van der Waals surface area (Å²) in [5, 5.41) is 1.33. The maximum absolute atomic E-state index is 13.0. The van der Waals surface area contributed by atoms with E-state index in [0.29, 0.717) is 18.4 Å². The number of esters is 1. The summed E-state index contributed by atoms with van der Waals surface area (Å²) in [6, 6.07) is 11.5. The summed E-state index contributed by atoms with van der Waals surface area (Å²) in [5.74, 6) is 0.302. The molecule has 160 valence electrons. The second-order valence-electron chi connectivity index (χ2n) is 8.34. The molecule has 1 atom stereocenters. The molecule has 2 aromatic rings. The first-order valence-corrected chi connectivity index (χ1v) is 10.2. The lowest BCUT2D eigenvalue weighted by molar-refractivity contribution is 0.0446. The molecule has 1 aromatic heterocycles. The fraction of sp³-hybridized carbons (Fsp3) is 0.417. The van der Waals surface area contributed by atoms with E-state index >= 15 is 0 Å². The van der Waals surface area contributed by atoms with Crippen molar-refractivity contribution in [1.29, 1.82) is 0 Å². The van der Waals surface area contributed by atoms with Crippen molar-refractivity contribution in [1.82, 2.24) is 4.57 Å². The summed E-state index contributed by atoms with van der Waals surface area (Å²) in [5.41, 5.74) is 0.492. The molecule has 1 aliphatic carbocycles. The van der Waals surface area contributed by atoms with Gasteiger partial charge in [-0.05, 0) is 45.7 Å². The highest BCUT2D eigenvalue weighted by Gasteiger charge is 2.28. The molecule has 0 radical (unpaired) electrons. The molecule has 1 unspecified atom stereocenters. The molecule has 3 rings (SSSR count). The van der Waals surface area contributed by atoms with Crippen LogP contribution in [0.4, 0.5) is 4.79 Å². The lowest BCUT2D eigenvalue weighted by Gasteiger charge is -2.21. The Morgan fingerprint density at radius 3 is 2.50 bits per heavy atom. The number of benzene rings is 1. The highest BCUT2D eigenvalue weighted by Crippen LogP contribution is 2.21. The van der Waals surface area contributed by atoms with Crippen molar-refractivity contribution in [2.24, 2.45) is 5.92 Å². The number of carbonyl (C=O) groups excluding carboxylic acids is 2. The highest BCUT2D eigenvalue weighted by atomic mass is 16.6. The van der Waals surface area contributed by atoms with E-state index in [0.717, 1.165) is 16.5 Å². The van der Waals surface area contributed by atoms with Crippen LogP contribution in [0.5, 0.6) is 0 Å². The third-order valence-electron chi connectivity index (χ3n) is 4.71. The zero-order chi connectivity index (χ0) is 21.9. The van der Waals surface area contributed by atoms with E-state index in [1.165, 1.54) is 4.57 Å². The third-order valence-corrected chi connectivity index (χ3v) is 4.71. The third kappa shape index (κ3) is 4.75. The Morgan fingerprint density at radius 1 is 1.17 bits per heavy atom. The molecule has 0 N–H and O–H groups in total. The van der Waals surface area contributed by atoms with E-state index in [1.54, 1.807) is 33.8 Å². The van der Waals surface area contributed by atoms with Crippen LogP contribution in [-0.4, -0.2) is 28.8 Å². The Bertz CT molecular complexity index is 1040. The van der Waals surface area contributed by atoms with Gasteiger partial charge in [0.15, 0.2) is 0 Å². The van der Waals surface area contributed by atoms with Gasteiger partial charge in [0.25, 0.3) is 0 Å². The van der Waals surface area contributed by atoms with Gasteiger partial charge in [-0.15, -0.1) is 0 Å². The van der Waals surface area contributed by atoms with E-state index in [2.05, 4.69) is 6.92 Å². The molecule has 0 fully saturated rings. The van der Waals surface area contributed by atoms with Crippen LogP contribution in [0.15, 0.2) is 36.4 Å². The number of hydrogen-bond acceptors (Lipinski definition) is 5. The molecule has 0 amide bonds. The minimum absolute atomic E-state index is 0.116. The first kappa shape index (κ1) is 21.7. The van der Waals surface area contributed by atoms with Crippen molar-refractivity contribution in [2.45, 2.75) is 53.2 Å². The number of aromatic nitrogens is 1. The number of carbonyl (C=O) groups is 2. The van der Waals surface area contributed by atoms with Gasteiger partial charge in [-0.3, -0.25) is 0 Å². The average molecular weight is 411 g/mol. The van der Waals surface area contributed by atoms with Gasteiger partial charge in [0.1, 0.15) is 23.7 Å². The van der Waals surface area contributed by atoms with Crippen molar-refractivity contribution < 1.29 is 23.8 Å².